The van der Waals surface area contributed by atoms with Crippen molar-refractivity contribution in [3.8, 4) is 0 Å². The molecule has 1 fully saturated rings. The molecule has 0 aliphatic carbocycles. The minimum absolute atomic E-state index is 0.370. The van der Waals surface area contributed by atoms with E-state index in [0.29, 0.717) is 5.92 Å². The van der Waals surface area contributed by atoms with Crippen LogP contribution in [0.3, 0.4) is 0 Å². The van der Waals surface area contributed by atoms with Gasteiger partial charge in [0, 0.05) is 6.54 Å². The fourth-order valence-corrected chi connectivity index (χ4v) is 3.04. The van der Waals surface area contributed by atoms with E-state index < -0.39 is 0 Å². The van der Waals surface area contributed by atoms with Crippen LogP contribution in [-0.2, 0) is 0 Å². The lowest BCUT2D eigenvalue weighted by Gasteiger charge is -2.40. The van der Waals surface area contributed by atoms with Gasteiger partial charge >= 0.3 is 0 Å². The van der Waals surface area contributed by atoms with Gasteiger partial charge in [0.15, 0.2) is 0 Å². The molecule has 0 bridgehead atoms. The molecule has 0 radical (unpaired) electrons. The molecule has 0 aromatic carbocycles. The largest absolute Gasteiger partial charge is 0.390 e. The van der Waals surface area contributed by atoms with Crippen LogP contribution in [0.15, 0.2) is 0 Å². The third-order valence-corrected chi connectivity index (χ3v) is 4.34. The fourth-order valence-electron chi connectivity index (χ4n) is 3.04. The first-order valence-electron chi connectivity index (χ1n) is 7.66. The van der Waals surface area contributed by atoms with E-state index in [2.05, 4.69) is 19.2 Å². The van der Waals surface area contributed by atoms with Gasteiger partial charge in [-0.15, -0.1) is 0 Å². The molecular weight excluding hydrogens is 210 g/mol. The average Bonchev–Trinajstić information content (AvgIpc) is 2.34. The highest BCUT2D eigenvalue weighted by atomic mass is 16.3. The summed E-state index contributed by atoms with van der Waals surface area (Å²) in [5.41, 5.74) is -0.370. The standard InChI is InChI=1S/C15H31NO/c1-3-5-6-7-8-9-10-15(17)11-12-16-13-14(15)4-2/h14,16-17H,3-13H2,1-2H3. The maximum absolute atomic E-state index is 10.7. The summed E-state index contributed by atoms with van der Waals surface area (Å²) < 4.78 is 0. The highest BCUT2D eigenvalue weighted by Crippen LogP contribution is 2.32. The summed E-state index contributed by atoms with van der Waals surface area (Å²) in [7, 11) is 0. The Morgan fingerprint density at radius 3 is 2.53 bits per heavy atom. The van der Waals surface area contributed by atoms with Crippen LogP contribution in [0.4, 0.5) is 0 Å². The van der Waals surface area contributed by atoms with Gasteiger partial charge < -0.3 is 10.4 Å². The number of rotatable bonds is 8. The second-order valence-corrected chi connectivity index (χ2v) is 5.68. The Balaban J connectivity index is 2.18. The molecule has 2 unspecified atom stereocenters. The van der Waals surface area contributed by atoms with Crippen LogP contribution < -0.4 is 5.32 Å². The second kappa shape index (κ2) is 8.10. The monoisotopic (exact) mass is 241 g/mol. The molecule has 2 heteroatoms. The zero-order valence-corrected chi connectivity index (χ0v) is 11.8. The number of hydrogen-bond donors (Lipinski definition) is 2. The van der Waals surface area contributed by atoms with Gasteiger partial charge in [0.2, 0.25) is 0 Å². The minimum atomic E-state index is -0.370. The summed E-state index contributed by atoms with van der Waals surface area (Å²) in [6, 6.07) is 0. The first-order chi connectivity index (χ1) is 8.23. The maximum atomic E-state index is 10.7. The summed E-state index contributed by atoms with van der Waals surface area (Å²) in [4.78, 5) is 0. The van der Waals surface area contributed by atoms with Crippen molar-refractivity contribution in [1.82, 2.24) is 5.32 Å². The molecule has 2 N–H and O–H groups in total. The molecule has 0 aromatic rings. The van der Waals surface area contributed by atoms with Crippen molar-refractivity contribution < 1.29 is 5.11 Å². The minimum Gasteiger partial charge on any atom is -0.390 e. The lowest BCUT2D eigenvalue weighted by molar-refractivity contribution is -0.0504. The van der Waals surface area contributed by atoms with Gasteiger partial charge in [0.05, 0.1) is 5.60 Å². The van der Waals surface area contributed by atoms with E-state index in [1.807, 2.05) is 0 Å². The second-order valence-electron chi connectivity index (χ2n) is 5.68. The van der Waals surface area contributed by atoms with Crippen molar-refractivity contribution in [1.29, 1.82) is 0 Å². The van der Waals surface area contributed by atoms with E-state index >= 15 is 0 Å². The van der Waals surface area contributed by atoms with Gasteiger partial charge in [-0.3, -0.25) is 0 Å². The molecular formula is C15H31NO. The van der Waals surface area contributed by atoms with E-state index in [1.54, 1.807) is 0 Å². The number of hydrogen-bond acceptors (Lipinski definition) is 2. The van der Waals surface area contributed by atoms with Crippen molar-refractivity contribution in [2.45, 2.75) is 77.2 Å². The summed E-state index contributed by atoms with van der Waals surface area (Å²) >= 11 is 0. The normalized spacial score (nSPS) is 29.5. The molecule has 1 rings (SSSR count). The Morgan fingerprint density at radius 1 is 1.12 bits per heavy atom. The SMILES string of the molecule is CCCCCCCCC1(O)CCNCC1CC. The first-order valence-corrected chi connectivity index (χ1v) is 7.66. The molecule has 1 aliphatic rings. The molecule has 0 spiro atoms. The summed E-state index contributed by atoms with van der Waals surface area (Å²) in [5.74, 6) is 0.465. The predicted octanol–water partition coefficient (Wildman–Crippen LogP) is 3.49. The molecule has 0 aromatic heterocycles. The highest BCUT2D eigenvalue weighted by Gasteiger charge is 2.36. The molecule has 2 nitrogen and oxygen atoms in total. The van der Waals surface area contributed by atoms with Crippen LogP contribution in [0.1, 0.15) is 71.6 Å². The topological polar surface area (TPSA) is 32.3 Å². The van der Waals surface area contributed by atoms with Crippen molar-refractivity contribution in [3.63, 3.8) is 0 Å². The Bertz CT molecular complexity index is 195. The number of unbranched alkanes of at least 4 members (excludes halogenated alkanes) is 5. The number of aliphatic hydroxyl groups is 1. The van der Waals surface area contributed by atoms with Crippen LogP contribution in [-0.4, -0.2) is 23.8 Å². The van der Waals surface area contributed by atoms with Crippen LogP contribution >= 0.6 is 0 Å². The van der Waals surface area contributed by atoms with Crippen molar-refractivity contribution >= 4 is 0 Å². The fraction of sp³-hybridized carbons (Fsp3) is 1.00. The van der Waals surface area contributed by atoms with Crippen molar-refractivity contribution in [2.75, 3.05) is 13.1 Å². The molecule has 102 valence electrons. The summed E-state index contributed by atoms with van der Waals surface area (Å²) in [6.07, 6.45) is 11.0. The third kappa shape index (κ3) is 4.97. The molecule has 1 aliphatic heterocycles. The zero-order valence-electron chi connectivity index (χ0n) is 11.8. The Kier molecular flexibility index (Phi) is 7.14. The van der Waals surface area contributed by atoms with Gasteiger partial charge in [-0.2, -0.15) is 0 Å². The van der Waals surface area contributed by atoms with E-state index in [1.165, 1.54) is 38.5 Å². The van der Waals surface area contributed by atoms with E-state index in [4.69, 9.17) is 0 Å². The summed E-state index contributed by atoms with van der Waals surface area (Å²) in [6.45, 7) is 6.44. The first kappa shape index (κ1) is 15.0. The molecule has 0 saturated carbocycles. The smallest absolute Gasteiger partial charge is 0.0699 e. The lowest BCUT2D eigenvalue weighted by atomic mass is 9.77. The number of nitrogens with one attached hydrogen (secondary N) is 1. The van der Waals surface area contributed by atoms with E-state index in [9.17, 15) is 5.11 Å². The molecule has 17 heavy (non-hydrogen) atoms. The van der Waals surface area contributed by atoms with Crippen LogP contribution in [0.2, 0.25) is 0 Å². The van der Waals surface area contributed by atoms with Gasteiger partial charge in [0.1, 0.15) is 0 Å². The van der Waals surface area contributed by atoms with Gasteiger partial charge in [0.25, 0.3) is 0 Å². The third-order valence-electron chi connectivity index (χ3n) is 4.34. The Labute approximate surface area is 107 Å². The number of piperidine rings is 1. The van der Waals surface area contributed by atoms with Gasteiger partial charge in [-0.25, -0.2) is 0 Å². The Morgan fingerprint density at radius 2 is 1.82 bits per heavy atom. The lowest BCUT2D eigenvalue weighted by Crippen LogP contribution is -2.49. The molecule has 1 heterocycles. The summed E-state index contributed by atoms with van der Waals surface area (Å²) in [5, 5.41) is 14.1. The van der Waals surface area contributed by atoms with Crippen molar-refractivity contribution in [2.24, 2.45) is 5.92 Å². The quantitative estimate of drug-likeness (QED) is 0.638. The van der Waals surface area contributed by atoms with E-state index in [0.717, 1.165) is 32.4 Å². The maximum Gasteiger partial charge on any atom is 0.0699 e. The van der Waals surface area contributed by atoms with Crippen molar-refractivity contribution in [3.05, 3.63) is 0 Å². The molecule has 2 atom stereocenters. The zero-order chi connectivity index (χ0) is 12.6. The van der Waals surface area contributed by atoms with Gasteiger partial charge in [-0.1, -0.05) is 52.4 Å². The molecule has 0 amide bonds. The average molecular weight is 241 g/mol. The van der Waals surface area contributed by atoms with Crippen LogP contribution in [0.5, 0.6) is 0 Å². The Hall–Kier alpha value is -0.0800. The predicted molar refractivity (Wildman–Crippen MR) is 74.2 cm³/mol. The van der Waals surface area contributed by atoms with Crippen LogP contribution in [0.25, 0.3) is 0 Å². The molecule has 1 saturated heterocycles. The van der Waals surface area contributed by atoms with Gasteiger partial charge in [-0.05, 0) is 31.7 Å². The van der Waals surface area contributed by atoms with E-state index in [-0.39, 0.29) is 5.60 Å². The van der Waals surface area contributed by atoms with Crippen LogP contribution in [0, 0.1) is 5.92 Å². The highest BCUT2D eigenvalue weighted by molar-refractivity contribution is 4.91.